The van der Waals surface area contributed by atoms with Gasteiger partial charge in [-0.25, -0.2) is 9.59 Å². The van der Waals surface area contributed by atoms with Gasteiger partial charge in [0.25, 0.3) is 0 Å². The van der Waals surface area contributed by atoms with Crippen molar-refractivity contribution < 1.29 is 33.4 Å². The predicted molar refractivity (Wildman–Crippen MR) is 171 cm³/mol. The third-order valence-corrected chi connectivity index (χ3v) is 9.59. The number of carbonyl (C=O) groups is 4. The number of hydrogen-bond acceptors (Lipinski definition) is 8. The number of amides is 3. The molecular weight excluding hydrogens is 588 g/mol. The topological polar surface area (TPSA) is 136 Å². The van der Waals surface area contributed by atoms with Gasteiger partial charge >= 0.3 is 12.1 Å². The molecule has 3 fully saturated rings. The van der Waals surface area contributed by atoms with E-state index in [0.29, 0.717) is 12.8 Å². The second-order valence-corrected chi connectivity index (χ2v) is 14.0. The van der Waals surface area contributed by atoms with E-state index in [4.69, 9.17) is 14.2 Å². The van der Waals surface area contributed by atoms with Crippen molar-refractivity contribution in [2.45, 2.75) is 115 Å². The first-order chi connectivity index (χ1) is 22.0. The van der Waals surface area contributed by atoms with Crippen molar-refractivity contribution in [2.24, 2.45) is 11.8 Å². The van der Waals surface area contributed by atoms with Crippen molar-refractivity contribution in [1.29, 1.82) is 0 Å². The molecule has 0 spiro atoms. The van der Waals surface area contributed by atoms with Crippen LogP contribution in [0.3, 0.4) is 0 Å². The molecule has 1 aromatic carbocycles. The summed E-state index contributed by atoms with van der Waals surface area (Å²) in [6.45, 7) is 7.71. The number of likely N-dealkylation sites (tertiary alicyclic amines) is 1. The lowest BCUT2D eigenvalue weighted by atomic mass is 9.83. The summed E-state index contributed by atoms with van der Waals surface area (Å²) < 4.78 is 17.0. The molecule has 2 N–H and O–H groups in total. The molecule has 2 heterocycles. The lowest BCUT2D eigenvalue weighted by molar-refractivity contribution is -0.148. The molecule has 2 aliphatic carbocycles. The van der Waals surface area contributed by atoms with E-state index in [0.717, 1.165) is 48.6 Å². The minimum Gasteiger partial charge on any atom is -0.467 e. The molecule has 3 amide bonds. The molecule has 5 rings (SSSR count). The summed E-state index contributed by atoms with van der Waals surface area (Å²) in [4.78, 5) is 60.3. The third-order valence-electron chi connectivity index (χ3n) is 9.59. The Morgan fingerprint density at radius 1 is 1.09 bits per heavy atom. The van der Waals surface area contributed by atoms with Crippen LogP contribution >= 0.6 is 0 Å². The van der Waals surface area contributed by atoms with E-state index >= 15 is 0 Å². The van der Waals surface area contributed by atoms with Gasteiger partial charge in [-0.2, -0.15) is 0 Å². The van der Waals surface area contributed by atoms with E-state index in [9.17, 15) is 19.2 Å². The van der Waals surface area contributed by atoms with Crippen molar-refractivity contribution in [3.63, 3.8) is 0 Å². The maximum Gasteiger partial charge on any atom is 0.408 e. The minimum absolute atomic E-state index is 0.0378. The molecule has 5 unspecified atom stereocenters. The maximum absolute atomic E-state index is 14.5. The molecule has 0 bridgehead atoms. The molecule has 5 atom stereocenters. The van der Waals surface area contributed by atoms with Crippen molar-refractivity contribution in [3.8, 4) is 0 Å². The van der Waals surface area contributed by atoms with Gasteiger partial charge in [0.1, 0.15) is 23.2 Å². The van der Waals surface area contributed by atoms with E-state index in [2.05, 4.69) is 15.6 Å². The van der Waals surface area contributed by atoms with Crippen LogP contribution in [0.4, 0.5) is 4.79 Å². The normalized spacial score (nSPS) is 25.5. The number of para-hydroxylation sites is 1. The van der Waals surface area contributed by atoms with Crippen LogP contribution in [-0.2, 0) is 35.2 Å². The summed E-state index contributed by atoms with van der Waals surface area (Å²) in [5.74, 6) is -1.37. The zero-order chi connectivity index (χ0) is 33.1. The Labute approximate surface area is 271 Å². The predicted octanol–water partition coefficient (Wildman–Crippen LogP) is 4.65. The quantitative estimate of drug-likeness (QED) is 0.360. The van der Waals surface area contributed by atoms with Crippen LogP contribution in [0.2, 0.25) is 0 Å². The molecule has 3 aliphatic rings. The molecule has 250 valence electrons. The smallest absolute Gasteiger partial charge is 0.408 e. The highest BCUT2D eigenvalue weighted by molar-refractivity contribution is 5.96. The molecule has 46 heavy (non-hydrogen) atoms. The Kier molecular flexibility index (Phi) is 10.2. The van der Waals surface area contributed by atoms with Crippen LogP contribution in [0.5, 0.6) is 0 Å². The lowest BCUT2D eigenvalue weighted by Crippen LogP contribution is -2.58. The zero-order valence-electron chi connectivity index (χ0n) is 27.7. The summed E-state index contributed by atoms with van der Waals surface area (Å²) in [6, 6.07) is 8.02. The van der Waals surface area contributed by atoms with E-state index < -0.39 is 47.3 Å². The number of rotatable bonds is 10. The van der Waals surface area contributed by atoms with Gasteiger partial charge in [0.2, 0.25) is 11.8 Å². The number of esters is 1. The van der Waals surface area contributed by atoms with Gasteiger partial charge in [-0.3, -0.25) is 14.6 Å². The Balaban J connectivity index is 1.39. The summed E-state index contributed by atoms with van der Waals surface area (Å²) in [5, 5.41) is 6.83. The van der Waals surface area contributed by atoms with Crippen molar-refractivity contribution >= 4 is 34.8 Å². The van der Waals surface area contributed by atoms with E-state index in [1.165, 1.54) is 12.0 Å². The number of hydrogen-bond donors (Lipinski definition) is 2. The Bertz CT molecular complexity index is 1430. The number of nitrogens with one attached hydrogen (secondary N) is 2. The number of carbonyl (C=O) groups excluding carboxylic acids is 4. The molecule has 1 saturated heterocycles. The average molecular weight is 637 g/mol. The van der Waals surface area contributed by atoms with Gasteiger partial charge in [-0.05, 0) is 57.9 Å². The Hall–Kier alpha value is -3.73. The van der Waals surface area contributed by atoms with Gasteiger partial charge in [0.15, 0.2) is 0 Å². The first kappa shape index (κ1) is 33.6. The second kappa shape index (κ2) is 13.9. The van der Waals surface area contributed by atoms with Gasteiger partial charge in [0, 0.05) is 30.1 Å². The van der Waals surface area contributed by atoms with Crippen LogP contribution in [0.1, 0.15) is 84.6 Å². The fourth-order valence-corrected chi connectivity index (χ4v) is 7.13. The molecule has 11 nitrogen and oxygen atoms in total. The van der Waals surface area contributed by atoms with E-state index in [1.54, 1.807) is 27.0 Å². The van der Waals surface area contributed by atoms with Crippen molar-refractivity contribution in [1.82, 2.24) is 20.5 Å². The maximum atomic E-state index is 14.5. The van der Waals surface area contributed by atoms with Gasteiger partial charge < -0.3 is 29.7 Å². The Morgan fingerprint density at radius 2 is 1.83 bits per heavy atom. The zero-order valence-corrected chi connectivity index (χ0v) is 27.7. The number of methoxy groups -OCH3 is 1. The number of ether oxygens (including phenoxy) is 3. The number of benzene rings is 1. The third kappa shape index (κ3) is 7.45. The molecule has 1 aromatic heterocycles. The number of fused-ring (bicyclic) bond motifs is 1. The van der Waals surface area contributed by atoms with Crippen LogP contribution in [0.25, 0.3) is 10.9 Å². The van der Waals surface area contributed by atoms with Crippen LogP contribution in [-0.4, -0.2) is 76.7 Å². The molecular formula is C35H48N4O7. The Morgan fingerprint density at radius 3 is 2.50 bits per heavy atom. The number of pyridine rings is 1. The van der Waals surface area contributed by atoms with Gasteiger partial charge in [-0.15, -0.1) is 0 Å². The first-order valence-corrected chi connectivity index (χ1v) is 16.6. The number of alkyl carbamates (subject to hydrolysis) is 1. The first-order valence-electron chi connectivity index (χ1n) is 16.6. The molecule has 2 saturated carbocycles. The van der Waals surface area contributed by atoms with Gasteiger partial charge in [-0.1, -0.05) is 56.9 Å². The van der Waals surface area contributed by atoms with E-state index in [-0.39, 0.29) is 37.3 Å². The van der Waals surface area contributed by atoms with Crippen LogP contribution in [0, 0.1) is 11.8 Å². The highest BCUT2D eigenvalue weighted by Gasteiger charge is 2.62. The summed E-state index contributed by atoms with van der Waals surface area (Å²) in [6.07, 6.45) is 6.62. The fourth-order valence-electron chi connectivity index (χ4n) is 7.13. The summed E-state index contributed by atoms with van der Waals surface area (Å²) in [7, 11) is 1.32. The summed E-state index contributed by atoms with van der Waals surface area (Å²) >= 11 is 0. The number of nitrogens with zero attached hydrogens (tertiary/aromatic N) is 2. The largest absolute Gasteiger partial charge is 0.467 e. The van der Waals surface area contributed by atoms with Crippen LogP contribution < -0.4 is 10.6 Å². The monoisotopic (exact) mass is 636 g/mol. The SMILES string of the molecule is CCC1CC1(NC(=O)C1CC(OCc2cccc3cccnc23)CN1C(=O)C(NC(=O)OC(C)(C)C)C1CCCCC1)C(=O)OC. The van der Waals surface area contributed by atoms with Gasteiger partial charge in [0.05, 0.1) is 25.3 Å². The van der Waals surface area contributed by atoms with Crippen molar-refractivity contribution in [3.05, 3.63) is 42.1 Å². The number of aromatic nitrogens is 1. The summed E-state index contributed by atoms with van der Waals surface area (Å²) in [5.41, 5.74) is -0.0919. The molecule has 0 radical (unpaired) electrons. The minimum atomic E-state index is -1.10. The lowest BCUT2D eigenvalue weighted by Gasteiger charge is -2.35. The highest BCUT2D eigenvalue weighted by Crippen LogP contribution is 2.47. The highest BCUT2D eigenvalue weighted by atomic mass is 16.6. The fraction of sp³-hybridized carbons (Fsp3) is 0.629. The standard InChI is InChI=1S/C35H48N4O7/c1-6-25-19-35(25,32(42)44-5)38-30(40)27-18-26(45-21-24-15-10-14-22-16-11-17-36-28(22)24)20-39(27)31(41)29(23-12-8-7-9-13-23)37-33(43)46-34(2,3)4/h10-11,14-17,23,25-27,29H,6-9,12-13,18-21H2,1-5H3,(H,37,43)(H,38,40). The average Bonchev–Trinajstić information content (AvgIpc) is 3.58. The van der Waals surface area contributed by atoms with E-state index in [1.807, 2.05) is 37.3 Å². The van der Waals surface area contributed by atoms with Crippen LogP contribution in [0.15, 0.2) is 36.5 Å². The second-order valence-electron chi connectivity index (χ2n) is 14.0. The molecule has 2 aromatic rings. The molecule has 11 heteroatoms. The molecule has 1 aliphatic heterocycles. The van der Waals surface area contributed by atoms with Crippen molar-refractivity contribution in [2.75, 3.05) is 13.7 Å².